The minimum atomic E-state index is -0.274. The monoisotopic (exact) mass is 260 g/mol. The van der Waals surface area contributed by atoms with E-state index in [1.54, 1.807) is 14.0 Å². The number of aliphatic hydroxyl groups excluding tert-OH is 1. The number of ether oxygens (including phenoxy) is 1. The van der Waals surface area contributed by atoms with Crippen molar-refractivity contribution in [3.63, 3.8) is 0 Å². The van der Waals surface area contributed by atoms with Gasteiger partial charge in [-0.15, -0.1) is 0 Å². The highest BCUT2D eigenvalue weighted by Crippen LogP contribution is 2.21. The second-order valence-electron chi connectivity index (χ2n) is 4.66. The summed E-state index contributed by atoms with van der Waals surface area (Å²) in [5, 5.41) is 13.6. The van der Waals surface area contributed by atoms with Gasteiger partial charge in [0.2, 0.25) is 5.88 Å². The van der Waals surface area contributed by atoms with Crippen molar-refractivity contribution in [2.24, 2.45) is 0 Å². The van der Waals surface area contributed by atoms with Crippen LogP contribution < -0.4 is 10.1 Å². The molecule has 1 aromatic carbocycles. The zero-order valence-corrected chi connectivity index (χ0v) is 11.4. The normalized spacial score (nSPS) is 12.6. The van der Waals surface area contributed by atoms with Crippen molar-refractivity contribution in [3.8, 4) is 5.88 Å². The lowest BCUT2D eigenvalue weighted by Gasteiger charge is -2.11. The van der Waals surface area contributed by atoms with Gasteiger partial charge in [0, 0.05) is 17.5 Å². The standard InChI is InChI=1S/C15H20N2O2/c1-11(18)7-8-16-10-13-9-12-5-3-4-6-14(12)17-15(13)19-2/h3-6,9,11,16,18H,7-8,10H2,1-2H3. The number of benzene rings is 1. The summed E-state index contributed by atoms with van der Waals surface area (Å²) in [6, 6.07) is 10.1. The number of hydrogen-bond acceptors (Lipinski definition) is 4. The number of pyridine rings is 1. The van der Waals surface area contributed by atoms with Crippen molar-refractivity contribution in [1.82, 2.24) is 10.3 Å². The van der Waals surface area contributed by atoms with Crippen molar-refractivity contribution in [3.05, 3.63) is 35.9 Å². The molecule has 0 fully saturated rings. The van der Waals surface area contributed by atoms with Crippen LogP contribution in [0.2, 0.25) is 0 Å². The molecule has 0 bridgehead atoms. The molecule has 2 aromatic rings. The summed E-state index contributed by atoms with van der Waals surface area (Å²) in [4.78, 5) is 4.50. The van der Waals surface area contributed by atoms with Gasteiger partial charge in [0.05, 0.1) is 18.7 Å². The number of nitrogens with one attached hydrogen (secondary N) is 1. The number of aromatic nitrogens is 1. The molecule has 0 radical (unpaired) electrons. The van der Waals surface area contributed by atoms with Gasteiger partial charge in [-0.05, 0) is 32.0 Å². The Morgan fingerprint density at radius 3 is 2.89 bits per heavy atom. The van der Waals surface area contributed by atoms with E-state index in [0.29, 0.717) is 12.4 Å². The number of rotatable bonds is 6. The third-order valence-electron chi connectivity index (χ3n) is 3.01. The van der Waals surface area contributed by atoms with E-state index in [4.69, 9.17) is 4.74 Å². The lowest BCUT2D eigenvalue weighted by molar-refractivity contribution is 0.183. The molecule has 0 aliphatic heterocycles. The summed E-state index contributed by atoms with van der Waals surface area (Å²) in [6.07, 6.45) is 0.465. The number of nitrogens with zero attached hydrogens (tertiary/aromatic N) is 1. The Balaban J connectivity index is 2.12. The van der Waals surface area contributed by atoms with Crippen LogP contribution in [0.1, 0.15) is 18.9 Å². The Kier molecular flexibility index (Phi) is 4.71. The van der Waals surface area contributed by atoms with Gasteiger partial charge in [-0.3, -0.25) is 0 Å². The fraction of sp³-hybridized carbons (Fsp3) is 0.400. The van der Waals surface area contributed by atoms with Crippen LogP contribution in [0.15, 0.2) is 30.3 Å². The molecular weight excluding hydrogens is 240 g/mol. The number of methoxy groups -OCH3 is 1. The van der Waals surface area contributed by atoms with Crippen molar-refractivity contribution in [1.29, 1.82) is 0 Å². The topological polar surface area (TPSA) is 54.4 Å². The van der Waals surface area contributed by atoms with Crippen LogP contribution in [0.25, 0.3) is 10.9 Å². The maximum atomic E-state index is 9.21. The average Bonchev–Trinajstić information content (AvgIpc) is 2.42. The van der Waals surface area contributed by atoms with Gasteiger partial charge < -0.3 is 15.2 Å². The molecule has 0 aliphatic rings. The minimum Gasteiger partial charge on any atom is -0.481 e. The fourth-order valence-corrected chi connectivity index (χ4v) is 1.98. The third kappa shape index (κ3) is 3.66. The van der Waals surface area contributed by atoms with Crippen molar-refractivity contribution >= 4 is 10.9 Å². The SMILES string of the molecule is COc1nc2ccccc2cc1CNCCC(C)O. The quantitative estimate of drug-likeness (QED) is 0.781. The van der Waals surface area contributed by atoms with Gasteiger partial charge in [-0.25, -0.2) is 4.98 Å². The zero-order chi connectivity index (χ0) is 13.7. The largest absolute Gasteiger partial charge is 0.481 e. The second-order valence-corrected chi connectivity index (χ2v) is 4.66. The second kappa shape index (κ2) is 6.50. The number of para-hydroxylation sites is 1. The molecule has 1 unspecified atom stereocenters. The van der Waals surface area contributed by atoms with Crippen LogP contribution in [-0.4, -0.2) is 29.8 Å². The maximum absolute atomic E-state index is 9.21. The van der Waals surface area contributed by atoms with Gasteiger partial charge in [-0.1, -0.05) is 18.2 Å². The first kappa shape index (κ1) is 13.8. The van der Waals surface area contributed by atoms with Gasteiger partial charge >= 0.3 is 0 Å². The molecular formula is C15H20N2O2. The van der Waals surface area contributed by atoms with E-state index < -0.39 is 0 Å². The van der Waals surface area contributed by atoms with Gasteiger partial charge in [0.1, 0.15) is 0 Å². The lowest BCUT2D eigenvalue weighted by atomic mass is 10.1. The number of fused-ring (bicyclic) bond motifs is 1. The zero-order valence-electron chi connectivity index (χ0n) is 11.4. The van der Waals surface area contributed by atoms with Crippen molar-refractivity contribution in [2.75, 3.05) is 13.7 Å². The Labute approximate surface area is 113 Å². The first-order valence-corrected chi connectivity index (χ1v) is 6.52. The van der Waals surface area contributed by atoms with Crippen LogP contribution in [0.5, 0.6) is 5.88 Å². The molecule has 0 saturated heterocycles. The van der Waals surface area contributed by atoms with Crippen LogP contribution in [0.3, 0.4) is 0 Å². The van der Waals surface area contributed by atoms with E-state index in [1.165, 1.54) is 0 Å². The molecule has 0 amide bonds. The lowest BCUT2D eigenvalue weighted by Crippen LogP contribution is -2.19. The van der Waals surface area contributed by atoms with E-state index in [0.717, 1.165) is 29.4 Å². The summed E-state index contributed by atoms with van der Waals surface area (Å²) in [5.41, 5.74) is 1.97. The number of hydrogen-bond donors (Lipinski definition) is 2. The van der Waals surface area contributed by atoms with E-state index >= 15 is 0 Å². The van der Waals surface area contributed by atoms with Crippen LogP contribution in [0, 0.1) is 0 Å². The summed E-state index contributed by atoms with van der Waals surface area (Å²) in [6.45, 7) is 3.25. The van der Waals surface area contributed by atoms with Crippen LogP contribution in [-0.2, 0) is 6.54 Å². The van der Waals surface area contributed by atoms with Gasteiger partial charge in [0.25, 0.3) is 0 Å². The first-order chi connectivity index (χ1) is 9.20. The predicted octanol–water partition coefficient (Wildman–Crippen LogP) is 2.10. The molecule has 0 saturated carbocycles. The van der Waals surface area contributed by atoms with E-state index in [2.05, 4.69) is 16.4 Å². The molecule has 2 rings (SSSR count). The Bertz CT molecular complexity index is 541. The Hall–Kier alpha value is -1.65. The summed E-state index contributed by atoms with van der Waals surface area (Å²) < 4.78 is 5.33. The molecule has 0 aliphatic carbocycles. The highest BCUT2D eigenvalue weighted by molar-refractivity contribution is 5.80. The molecule has 0 spiro atoms. The van der Waals surface area contributed by atoms with Crippen LogP contribution >= 0.6 is 0 Å². The highest BCUT2D eigenvalue weighted by atomic mass is 16.5. The molecule has 1 aromatic heterocycles. The highest BCUT2D eigenvalue weighted by Gasteiger charge is 2.07. The molecule has 4 nitrogen and oxygen atoms in total. The Morgan fingerprint density at radius 1 is 1.37 bits per heavy atom. The Morgan fingerprint density at radius 2 is 2.16 bits per heavy atom. The van der Waals surface area contributed by atoms with E-state index in [9.17, 15) is 5.11 Å². The molecule has 4 heteroatoms. The minimum absolute atomic E-state index is 0.274. The maximum Gasteiger partial charge on any atom is 0.218 e. The van der Waals surface area contributed by atoms with E-state index in [1.807, 2.05) is 24.3 Å². The van der Waals surface area contributed by atoms with E-state index in [-0.39, 0.29) is 6.10 Å². The third-order valence-corrected chi connectivity index (χ3v) is 3.01. The van der Waals surface area contributed by atoms with Crippen molar-refractivity contribution in [2.45, 2.75) is 26.0 Å². The predicted molar refractivity (Wildman–Crippen MR) is 76.3 cm³/mol. The van der Waals surface area contributed by atoms with Gasteiger partial charge in [0.15, 0.2) is 0 Å². The molecule has 102 valence electrons. The molecule has 19 heavy (non-hydrogen) atoms. The summed E-state index contributed by atoms with van der Waals surface area (Å²) >= 11 is 0. The smallest absolute Gasteiger partial charge is 0.218 e. The number of aliphatic hydroxyl groups is 1. The molecule has 1 atom stereocenters. The molecule has 1 heterocycles. The summed E-state index contributed by atoms with van der Waals surface area (Å²) in [5.74, 6) is 0.656. The fourth-order valence-electron chi connectivity index (χ4n) is 1.98. The van der Waals surface area contributed by atoms with Crippen LogP contribution in [0.4, 0.5) is 0 Å². The summed E-state index contributed by atoms with van der Waals surface area (Å²) in [7, 11) is 1.64. The molecule has 2 N–H and O–H groups in total. The van der Waals surface area contributed by atoms with Gasteiger partial charge in [-0.2, -0.15) is 0 Å². The first-order valence-electron chi connectivity index (χ1n) is 6.52. The van der Waals surface area contributed by atoms with Crippen molar-refractivity contribution < 1.29 is 9.84 Å². The average molecular weight is 260 g/mol.